The number of cyclic esters (lactones) is 1. The fourth-order valence-corrected chi connectivity index (χ4v) is 4.25. The highest BCUT2D eigenvalue weighted by molar-refractivity contribution is 7.87. The SMILES string of the molecule is CCOC(=O)[C@@H]1c2ncn(S(=O)(=O)N(C)C)c2C[C@@H]2COC(=O)[C@H]21. The zero-order chi connectivity index (χ0) is 17.6. The van der Waals surface area contributed by atoms with Crippen molar-refractivity contribution in [2.24, 2.45) is 11.8 Å². The molecule has 1 aromatic rings. The highest BCUT2D eigenvalue weighted by atomic mass is 32.2. The minimum atomic E-state index is -3.77. The summed E-state index contributed by atoms with van der Waals surface area (Å²) in [7, 11) is -0.939. The Balaban J connectivity index is 2.12. The van der Waals surface area contributed by atoms with Gasteiger partial charge < -0.3 is 9.47 Å². The van der Waals surface area contributed by atoms with E-state index in [1.807, 2.05) is 0 Å². The first-order valence-electron chi connectivity index (χ1n) is 7.61. The smallest absolute Gasteiger partial charge is 0.315 e. The minimum Gasteiger partial charge on any atom is -0.465 e. The first-order valence-corrected chi connectivity index (χ1v) is 9.01. The van der Waals surface area contributed by atoms with Gasteiger partial charge in [0.05, 0.1) is 30.5 Å². The molecule has 0 N–H and O–H groups in total. The van der Waals surface area contributed by atoms with E-state index in [0.29, 0.717) is 12.1 Å². The Hall–Kier alpha value is -1.94. The van der Waals surface area contributed by atoms with Gasteiger partial charge in [0.15, 0.2) is 0 Å². The van der Waals surface area contributed by atoms with E-state index in [2.05, 4.69) is 4.98 Å². The number of ether oxygens (including phenoxy) is 2. The van der Waals surface area contributed by atoms with E-state index >= 15 is 0 Å². The largest absolute Gasteiger partial charge is 0.465 e. The Bertz CT molecular complexity index is 784. The second-order valence-electron chi connectivity index (χ2n) is 6.01. The second-order valence-corrected chi connectivity index (χ2v) is 8.03. The number of esters is 2. The lowest BCUT2D eigenvalue weighted by molar-refractivity contribution is -0.152. The molecule has 3 rings (SSSR count). The van der Waals surface area contributed by atoms with Crippen molar-refractivity contribution in [3.63, 3.8) is 0 Å². The van der Waals surface area contributed by atoms with Crippen LogP contribution in [-0.4, -0.2) is 60.9 Å². The fourth-order valence-electron chi connectivity index (χ4n) is 3.29. The van der Waals surface area contributed by atoms with E-state index in [1.54, 1.807) is 6.92 Å². The normalized spacial score (nSPS) is 26.0. The Morgan fingerprint density at radius 1 is 1.50 bits per heavy atom. The molecule has 1 aromatic heterocycles. The van der Waals surface area contributed by atoms with E-state index in [9.17, 15) is 18.0 Å². The van der Waals surface area contributed by atoms with Crippen molar-refractivity contribution < 1.29 is 27.5 Å². The molecule has 9 nitrogen and oxygen atoms in total. The van der Waals surface area contributed by atoms with Crippen molar-refractivity contribution in [2.75, 3.05) is 27.3 Å². The zero-order valence-electron chi connectivity index (χ0n) is 13.6. The molecule has 1 fully saturated rings. The van der Waals surface area contributed by atoms with Gasteiger partial charge in [0, 0.05) is 20.0 Å². The van der Waals surface area contributed by atoms with Gasteiger partial charge in [0.25, 0.3) is 0 Å². The molecule has 0 radical (unpaired) electrons. The van der Waals surface area contributed by atoms with Crippen molar-refractivity contribution in [3.05, 3.63) is 17.7 Å². The third-order valence-corrected chi connectivity index (χ3v) is 6.18. The van der Waals surface area contributed by atoms with Gasteiger partial charge >= 0.3 is 22.1 Å². The quantitative estimate of drug-likeness (QED) is 0.670. The highest BCUT2D eigenvalue weighted by Gasteiger charge is 2.52. The molecule has 1 aliphatic heterocycles. The predicted molar refractivity (Wildman–Crippen MR) is 81.2 cm³/mol. The van der Waals surface area contributed by atoms with Crippen molar-refractivity contribution in [1.29, 1.82) is 0 Å². The standard InChI is InChI=1S/C14H19N3O6S/c1-4-22-14(19)11-10-8(6-23-13(10)18)5-9-12(11)15-7-17(9)24(20,21)16(2)3/h7-8,10-11H,4-6H2,1-3H3/t8-,10-,11+/m1/s1. The van der Waals surface area contributed by atoms with Gasteiger partial charge in [-0.1, -0.05) is 0 Å². The second kappa shape index (κ2) is 5.85. The van der Waals surface area contributed by atoms with Gasteiger partial charge in [-0.2, -0.15) is 12.7 Å². The third kappa shape index (κ3) is 2.40. The van der Waals surface area contributed by atoms with Crippen LogP contribution in [-0.2, 0) is 35.7 Å². The van der Waals surface area contributed by atoms with Crippen LogP contribution in [0.25, 0.3) is 0 Å². The Morgan fingerprint density at radius 3 is 2.83 bits per heavy atom. The molecular weight excluding hydrogens is 338 g/mol. The molecule has 2 heterocycles. The van der Waals surface area contributed by atoms with Gasteiger partial charge in [-0.25, -0.2) is 8.96 Å². The predicted octanol–water partition coefficient (Wildman–Crippen LogP) is -0.470. The summed E-state index contributed by atoms with van der Waals surface area (Å²) < 4.78 is 37.2. The maximum atomic E-state index is 12.5. The molecule has 24 heavy (non-hydrogen) atoms. The maximum Gasteiger partial charge on any atom is 0.315 e. The third-order valence-electron chi connectivity index (χ3n) is 4.44. The number of fused-ring (bicyclic) bond motifs is 2. The molecule has 0 amide bonds. The van der Waals surface area contributed by atoms with Crippen LogP contribution in [0.3, 0.4) is 0 Å². The first kappa shape index (κ1) is 16.9. The molecule has 3 atom stereocenters. The average molecular weight is 357 g/mol. The molecule has 0 saturated carbocycles. The van der Waals surface area contributed by atoms with Crippen molar-refractivity contribution >= 4 is 22.1 Å². The van der Waals surface area contributed by atoms with E-state index in [0.717, 1.165) is 8.28 Å². The van der Waals surface area contributed by atoms with Crippen molar-refractivity contribution in [3.8, 4) is 0 Å². The van der Waals surface area contributed by atoms with Crippen LogP contribution < -0.4 is 0 Å². The summed E-state index contributed by atoms with van der Waals surface area (Å²) in [4.78, 5) is 28.6. The van der Waals surface area contributed by atoms with Crippen LogP contribution in [0.5, 0.6) is 0 Å². The van der Waals surface area contributed by atoms with E-state index in [1.165, 1.54) is 20.4 Å². The number of hydrogen-bond donors (Lipinski definition) is 0. The summed E-state index contributed by atoms with van der Waals surface area (Å²) in [5.74, 6) is -2.94. The topological polar surface area (TPSA) is 108 Å². The minimum absolute atomic E-state index is 0.159. The summed E-state index contributed by atoms with van der Waals surface area (Å²) in [6.07, 6.45) is 1.48. The Kier molecular flexibility index (Phi) is 4.12. The molecule has 132 valence electrons. The highest BCUT2D eigenvalue weighted by Crippen LogP contribution is 2.44. The van der Waals surface area contributed by atoms with E-state index in [-0.39, 0.29) is 24.8 Å². The van der Waals surface area contributed by atoms with E-state index < -0.39 is 34.0 Å². The number of rotatable bonds is 4. The number of hydrogen-bond acceptors (Lipinski definition) is 7. The van der Waals surface area contributed by atoms with Crippen LogP contribution in [0.1, 0.15) is 24.2 Å². The molecular formula is C14H19N3O6S. The summed E-state index contributed by atoms with van der Waals surface area (Å²) in [5, 5.41) is 0. The number of imidazole rings is 1. The van der Waals surface area contributed by atoms with Gasteiger partial charge in [0.2, 0.25) is 0 Å². The maximum absolute atomic E-state index is 12.5. The molecule has 0 unspecified atom stereocenters. The van der Waals surface area contributed by atoms with Crippen molar-refractivity contribution in [2.45, 2.75) is 19.3 Å². The number of carbonyl (C=O) groups is 2. The summed E-state index contributed by atoms with van der Waals surface area (Å²) in [6, 6.07) is 0. The molecule has 1 saturated heterocycles. The van der Waals surface area contributed by atoms with Gasteiger partial charge in [-0.3, -0.25) is 9.59 Å². The fraction of sp³-hybridized carbons (Fsp3) is 0.643. The van der Waals surface area contributed by atoms with Gasteiger partial charge in [0.1, 0.15) is 12.2 Å². The van der Waals surface area contributed by atoms with Crippen LogP contribution >= 0.6 is 0 Å². The molecule has 0 bridgehead atoms. The number of nitrogens with zero attached hydrogens (tertiary/aromatic N) is 3. The zero-order valence-corrected chi connectivity index (χ0v) is 14.4. The Morgan fingerprint density at radius 2 is 2.21 bits per heavy atom. The van der Waals surface area contributed by atoms with Crippen molar-refractivity contribution in [1.82, 2.24) is 13.3 Å². The monoisotopic (exact) mass is 357 g/mol. The lowest BCUT2D eigenvalue weighted by Crippen LogP contribution is -2.38. The average Bonchev–Trinajstić information content (AvgIpc) is 3.09. The van der Waals surface area contributed by atoms with Crippen LogP contribution in [0.4, 0.5) is 0 Å². The molecule has 0 spiro atoms. The summed E-state index contributed by atoms with van der Waals surface area (Å²) in [5.41, 5.74) is 0.681. The number of aromatic nitrogens is 2. The summed E-state index contributed by atoms with van der Waals surface area (Å²) >= 11 is 0. The van der Waals surface area contributed by atoms with Gasteiger partial charge in [-0.15, -0.1) is 0 Å². The molecule has 10 heteroatoms. The van der Waals surface area contributed by atoms with Gasteiger partial charge in [-0.05, 0) is 13.3 Å². The Labute approximate surface area is 139 Å². The van der Waals surface area contributed by atoms with Crippen LogP contribution in [0, 0.1) is 11.8 Å². The van der Waals surface area contributed by atoms with E-state index in [4.69, 9.17) is 9.47 Å². The molecule has 2 aliphatic rings. The summed E-state index contributed by atoms with van der Waals surface area (Å²) in [6.45, 7) is 1.99. The first-order chi connectivity index (χ1) is 11.3. The molecule has 0 aromatic carbocycles. The number of carbonyl (C=O) groups excluding carboxylic acids is 2. The lowest BCUT2D eigenvalue weighted by atomic mass is 9.74. The molecule has 1 aliphatic carbocycles. The van der Waals surface area contributed by atoms with Crippen LogP contribution in [0.15, 0.2) is 6.33 Å². The lowest BCUT2D eigenvalue weighted by Gasteiger charge is -2.29. The van der Waals surface area contributed by atoms with Crippen LogP contribution in [0.2, 0.25) is 0 Å².